The van der Waals surface area contributed by atoms with Gasteiger partial charge in [-0.05, 0) is 25.2 Å². The van der Waals surface area contributed by atoms with Gasteiger partial charge in [-0.3, -0.25) is 0 Å². The molecule has 1 rings (SSSR count). The van der Waals surface area contributed by atoms with Crippen molar-refractivity contribution in [1.29, 1.82) is 0 Å². The summed E-state index contributed by atoms with van der Waals surface area (Å²) in [4.78, 5) is 4.60. The highest BCUT2D eigenvalue weighted by Gasteiger charge is 2.20. The van der Waals surface area contributed by atoms with Gasteiger partial charge in [0.05, 0.1) is 5.69 Å². The molecule has 1 heterocycles. The Morgan fingerprint density at radius 2 is 2.05 bits per heavy atom. The van der Waals surface area contributed by atoms with Crippen LogP contribution in [-0.2, 0) is 11.3 Å². The number of unbranched alkanes of at least 4 members (excludes halogenated alkanes) is 2. The zero-order valence-electron chi connectivity index (χ0n) is 14.5. The molecular weight excluding hydrogens is 262 g/mol. The lowest BCUT2D eigenvalue weighted by atomic mass is 9.87. The lowest BCUT2D eigenvalue weighted by molar-refractivity contribution is 0.197. The first kappa shape index (κ1) is 18.0. The van der Waals surface area contributed by atoms with Gasteiger partial charge >= 0.3 is 0 Å². The van der Waals surface area contributed by atoms with Crippen molar-refractivity contribution in [1.82, 2.24) is 9.55 Å². The Kier molecular flexibility index (Phi) is 7.79. The number of hydrogen-bond acceptors (Lipinski definition) is 3. The summed E-state index contributed by atoms with van der Waals surface area (Å²) in [5.74, 6) is 0.993. The van der Waals surface area contributed by atoms with Gasteiger partial charge in [-0.1, -0.05) is 40.0 Å². The minimum absolute atomic E-state index is 0.311. The first-order valence-corrected chi connectivity index (χ1v) is 8.25. The molecule has 0 fully saturated rings. The van der Waals surface area contributed by atoms with E-state index in [1.807, 2.05) is 0 Å². The van der Waals surface area contributed by atoms with Gasteiger partial charge in [0.2, 0.25) is 5.95 Å². The van der Waals surface area contributed by atoms with Gasteiger partial charge in [-0.15, -0.1) is 0 Å². The number of anilines is 1. The molecule has 0 saturated heterocycles. The smallest absolute Gasteiger partial charge is 0.203 e. The van der Waals surface area contributed by atoms with Crippen LogP contribution >= 0.6 is 0 Å². The molecule has 1 N–H and O–H groups in total. The first-order valence-electron chi connectivity index (χ1n) is 8.25. The number of aryl methyl sites for hydroxylation is 1. The Hall–Kier alpha value is -1.03. The summed E-state index contributed by atoms with van der Waals surface area (Å²) in [6.07, 6.45) is 8.35. The second kappa shape index (κ2) is 9.08. The molecule has 0 atom stereocenters. The molecule has 4 heteroatoms. The van der Waals surface area contributed by atoms with E-state index in [1.54, 1.807) is 7.11 Å². The van der Waals surface area contributed by atoms with Crippen molar-refractivity contribution in [3.63, 3.8) is 0 Å². The molecule has 21 heavy (non-hydrogen) atoms. The van der Waals surface area contributed by atoms with Gasteiger partial charge in [0.1, 0.15) is 0 Å². The maximum absolute atomic E-state index is 5.08. The largest absolute Gasteiger partial charge is 0.385 e. The van der Waals surface area contributed by atoms with E-state index in [-0.39, 0.29) is 0 Å². The number of hydrogen-bond donors (Lipinski definition) is 1. The molecule has 4 nitrogen and oxygen atoms in total. The number of rotatable bonds is 11. The van der Waals surface area contributed by atoms with E-state index in [0.29, 0.717) is 5.41 Å². The summed E-state index contributed by atoms with van der Waals surface area (Å²) in [7, 11) is 1.74. The summed E-state index contributed by atoms with van der Waals surface area (Å²) < 4.78 is 7.36. The topological polar surface area (TPSA) is 39.1 Å². The fourth-order valence-corrected chi connectivity index (χ4v) is 2.62. The molecule has 0 spiro atoms. The highest BCUT2D eigenvalue weighted by molar-refractivity contribution is 5.28. The molecule has 0 saturated carbocycles. The zero-order chi connectivity index (χ0) is 15.7. The number of imidazole rings is 1. The molecule has 0 aliphatic rings. The third-order valence-electron chi connectivity index (χ3n) is 3.76. The van der Waals surface area contributed by atoms with E-state index >= 15 is 0 Å². The van der Waals surface area contributed by atoms with Crippen LogP contribution in [0.4, 0.5) is 5.95 Å². The Labute approximate surface area is 130 Å². The van der Waals surface area contributed by atoms with Gasteiger partial charge in [-0.25, -0.2) is 4.98 Å². The number of nitrogens with zero attached hydrogens (tertiary/aromatic N) is 2. The van der Waals surface area contributed by atoms with Crippen molar-refractivity contribution in [2.24, 2.45) is 5.41 Å². The maximum Gasteiger partial charge on any atom is 0.203 e. The third kappa shape index (κ3) is 6.98. The summed E-state index contributed by atoms with van der Waals surface area (Å²) >= 11 is 0. The third-order valence-corrected chi connectivity index (χ3v) is 3.76. The molecule has 0 aliphatic heterocycles. The van der Waals surface area contributed by atoms with Crippen LogP contribution in [0, 0.1) is 12.3 Å². The SMILES string of the molecule is CCCCCC(C)(C)Cn1cc(C)nc1NCCCOC. The zero-order valence-corrected chi connectivity index (χ0v) is 14.5. The van der Waals surface area contributed by atoms with Crippen molar-refractivity contribution in [3.8, 4) is 0 Å². The van der Waals surface area contributed by atoms with Gasteiger partial charge in [0.25, 0.3) is 0 Å². The normalized spacial score (nSPS) is 11.9. The van der Waals surface area contributed by atoms with E-state index in [0.717, 1.165) is 37.8 Å². The molecule has 122 valence electrons. The predicted molar refractivity (Wildman–Crippen MR) is 89.9 cm³/mol. The summed E-state index contributed by atoms with van der Waals surface area (Å²) in [6, 6.07) is 0. The molecule has 1 aromatic rings. The molecule has 0 radical (unpaired) electrons. The van der Waals surface area contributed by atoms with E-state index in [4.69, 9.17) is 4.74 Å². The maximum atomic E-state index is 5.08. The van der Waals surface area contributed by atoms with Crippen LogP contribution in [-0.4, -0.2) is 29.8 Å². The Morgan fingerprint density at radius 1 is 1.29 bits per heavy atom. The molecule has 0 aliphatic carbocycles. The second-order valence-corrected chi connectivity index (χ2v) is 6.73. The molecule has 0 bridgehead atoms. The van der Waals surface area contributed by atoms with Gasteiger partial charge in [-0.2, -0.15) is 0 Å². The number of methoxy groups -OCH3 is 1. The van der Waals surface area contributed by atoms with Gasteiger partial charge in [0, 0.05) is 33.0 Å². The van der Waals surface area contributed by atoms with Gasteiger partial charge < -0.3 is 14.6 Å². The van der Waals surface area contributed by atoms with Crippen LogP contribution in [0.3, 0.4) is 0 Å². The average molecular weight is 295 g/mol. The lowest BCUT2D eigenvalue weighted by Crippen LogP contribution is -2.21. The van der Waals surface area contributed by atoms with E-state index < -0.39 is 0 Å². The molecule has 0 aromatic carbocycles. The van der Waals surface area contributed by atoms with Crippen molar-refractivity contribution in [3.05, 3.63) is 11.9 Å². The highest BCUT2D eigenvalue weighted by atomic mass is 16.5. The Morgan fingerprint density at radius 3 is 2.71 bits per heavy atom. The number of ether oxygens (including phenoxy) is 1. The minimum atomic E-state index is 0.311. The van der Waals surface area contributed by atoms with Crippen LogP contribution in [0.2, 0.25) is 0 Å². The number of aromatic nitrogens is 2. The quantitative estimate of drug-likeness (QED) is 0.620. The molecule has 1 aromatic heterocycles. The average Bonchev–Trinajstić information content (AvgIpc) is 2.74. The van der Waals surface area contributed by atoms with E-state index in [1.165, 1.54) is 25.7 Å². The monoisotopic (exact) mass is 295 g/mol. The van der Waals surface area contributed by atoms with E-state index in [9.17, 15) is 0 Å². The van der Waals surface area contributed by atoms with Crippen molar-refractivity contribution in [2.75, 3.05) is 25.6 Å². The Balaban J connectivity index is 2.56. The van der Waals surface area contributed by atoms with Crippen molar-refractivity contribution in [2.45, 2.75) is 66.3 Å². The number of nitrogens with one attached hydrogen (secondary N) is 1. The molecule has 0 amide bonds. The molecular formula is C17H33N3O. The predicted octanol–water partition coefficient (Wildman–Crippen LogP) is 4.25. The van der Waals surface area contributed by atoms with Crippen LogP contribution < -0.4 is 5.32 Å². The summed E-state index contributed by atoms with van der Waals surface area (Å²) in [6.45, 7) is 11.7. The van der Waals surface area contributed by atoms with Crippen molar-refractivity contribution >= 4 is 5.95 Å². The summed E-state index contributed by atoms with van der Waals surface area (Å²) in [5, 5.41) is 3.43. The van der Waals surface area contributed by atoms with Gasteiger partial charge in [0.15, 0.2) is 0 Å². The van der Waals surface area contributed by atoms with Crippen LogP contribution in [0.5, 0.6) is 0 Å². The summed E-state index contributed by atoms with van der Waals surface area (Å²) in [5.41, 5.74) is 1.39. The second-order valence-electron chi connectivity index (χ2n) is 6.73. The van der Waals surface area contributed by atoms with E-state index in [2.05, 4.69) is 48.8 Å². The highest BCUT2D eigenvalue weighted by Crippen LogP contribution is 2.27. The first-order chi connectivity index (χ1) is 9.98. The van der Waals surface area contributed by atoms with Crippen LogP contribution in [0.15, 0.2) is 6.20 Å². The minimum Gasteiger partial charge on any atom is -0.385 e. The van der Waals surface area contributed by atoms with Crippen LogP contribution in [0.25, 0.3) is 0 Å². The lowest BCUT2D eigenvalue weighted by Gasteiger charge is -2.26. The fourth-order valence-electron chi connectivity index (χ4n) is 2.62. The fraction of sp³-hybridized carbons (Fsp3) is 0.824. The molecule has 0 unspecified atom stereocenters. The Bertz CT molecular complexity index is 399. The van der Waals surface area contributed by atoms with Crippen LogP contribution in [0.1, 0.15) is 58.6 Å². The van der Waals surface area contributed by atoms with Crippen molar-refractivity contribution < 1.29 is 4.74 Å². The standard InChI is InChI=1S/C17H33N3O/c1-6-7-8-10-17(3,4)14-20-13-15(2)19-16(20)18-11-9-12-21-5/h13H,6-12,14H2,1-5H3,(H,18,19).